The van der Waals surface area contributed by atoms with E-state index >= 15 is 0 Å². The molecule has 6 nitrogen and oxygen atoms in total. The molecule has 0 aliphatic carbocycles. The maximum Gasteiger partial charge on any atom is 0.338 e. The summed E-state index contributed by atoms with van der Waals surface area (Å²) in [5.74, 6) is -0.613. The molecule has 1 aromatic heterocycles. The highest BCUT2D eigenvalue weighted by Gasteiger charge is 2.11. The van der Waals surface area contributed by atoms with Gasteiger partial charge in [-0.1, -0.05) is 6.92 Å². The highest BCUT2D eigenvalue weighted by atomic mass is 16.5. The van der Waals surface area contributed by atoms with Crippen LogP contribution in [-0.4, -0.2) is 28.0 Å². The largest absolute Gasteiger partial charge is 0.462 e. The number of nitrogens with zero attached hydrogens (tertiary/aromatic N) is 2. The minimum atomic E-state index is -0.360. The molecule has 1 aromatic carbocycles. The Kier molecular flexibility index (Phi) is 4.71. The summed E-state index contributed by atoms with van der Waals surface area (Å²) in [6.07, 6.45) is 3.83. The van der Waals surface area contributed by atoms with Gasteiger partial charge < -0.3 is 14.6 Å². The monoisotopic (exact) mass is 287 g/mol. The number of hydrogen-bond acceptors (Lipinski definition) is 4. The molecule has 0 unspecified atom stereocenters. The van der Waals surface area contributed by atoms with Gasteiger partial charge in [0.25, 0.3) is 5.91 Å². The fraction of sp³-hybridized carbons (Fsp3) is 0.267. The van der Waals surface area contributed by atoms with Crippen molar-refractivity contribution < 1.29 is 14.3 Å². The van der Waals surface area contributed by atoms with E-state index in [-0.39, 0.29) is 11.9 Å². The molecule has 1 heterocycles. The zero-order chi connectivity index (χ0) is 15.2. The lowest BCUT2D eigenvalue weighted by molar-refractivity contribution is 0.0505. The molecule has 1 amide bonds. The zero-order valence-electron chi connectivity index (χ0n) is 12.0. The number of benzene rings is 1. The van der Waals surface area contributed by atoms with E-state index in [1.54, 1.807) is 42.2 Å². The first-order chi connectivity index (χ1) is 10.1. The summed E-state index contributed by atoms with van der Waals surface area (Å²) in [4.78, 5) is 27.5. The van der Waals surface area contributed by atoms with Crippen LogP contribution < -0.4 is 5.32 Å². The van der Waals surface area contributed by atoms with Gasteiger partial charge in [-0.3, -0.25) is 4.79 Å². The number of aryl methyl sites for hydroxylation is 1. The van der Waals surface area contributed by atoms with E-state index in [1.165, 1.54) is 6.20 Å². The number of hydrogen-bond donors (Lipinski definition) is 1. The van der Waals surface area contributed by atoms with Gasteiger partial charge in [0.15, 0.2) is 0 Å². The fourth-order valence-electron chi connectivity index (χ4n) is 1.74. The molecule has 0 atom stereocenters. The average Bonchev–Trinajstić information content (AvgIpc) is 2.91. The summed E-state index contributed by atoms with van der Waals surface area (Å²) in [5, 5.41) is 2.74. The van der Waals surface area contributed by atoms with Crippen molar-refractivity contribution in [2.24, 2.45) is 7.05 Å². The molecule has 0 bridgehead atoms. The topological polar surface area (TPSA) is 73.2 Å². The Morgan fingerprint density at radius 1 is 1.29 bits per heavy atom. The number of carbonyl (C=O) groups is 2. The van der Waals surface area contributed by atoms with Crippen molar-refractivity contribution in [3.63, 3.8) is 0 Å². The Morgan fingerprint density at radius 3 is 2.57 bits per heavy atom. The van der Waals surface area contributed by atoms with E-state index in [4.69, 9.17) is 4.74 Å². The third kappa shape index (κ3) is 3.68. The van der Waals surface area contributed by atoms with Crippen molar-refractivity contribution in [2.45, 2.75) is 13.3 Å². The lowest BCUT2D eigenvalue weighted by atomic mass is 10.2. The molecule has 6 heteroatoms. The van der Waals surface area contributed by atoms with Gasteiger partial charge in [0.1, 0.15) is 5.69 Å². The first-order valence-corrected chi connectivity index (χ1v) is 6.66. The standard InChI is InChI=1S/C15H17N3O3/c1-3-8-21-15(20)11-4-6-12(7-5-11)17-14(19)13-9-16-10-18(13)2/h4-7,9-10H,3,8H2,1-2H3,(H,17,19). The van der Waals surface area contributed by atoms with E-state index in [9.17, 15) is 9.59 Å². The van der Waals surface area contributed by atoms with Crippen LogP contribution in [0.15, 0.2) is 36.8 Å². The van der Waals surface area contributed by atoms with Crippen molar-refractivity contribution in [1.29, 1.82) is 0 Å². The number of anilines is 1. The van der Waals surface area contributed by atoms with Crippen LogP contribution in [0.5, 0.6) is 0 Å². The van der Waals surface area contributed by atoms with E-state index in [0.717, 1.165) is 6.42 Å². The van der Waals surface area contributed by atoms with Crippen LogP contribution in [-0.2, 0) is 11.8 Å². The Hall–Kier alpha value is -2.63. The summed E-state index contributed by atoms with van der Waals surface area (Å²) in [6.45, 7) is 2.34. The summed E-state index contributed by atoms with van der Waals surface area (Å²) < 4.78 is 6.67. The van der Waals surface area contributed by atoms with Crippen LogP contribution in [0, 0.1) is 0 Å². The lowest BCUT2D eigenvalue weighted by Crippen LogP contribution is -2.15. The highest BCUT2D eigenvalue weighted by molar-refractivity contribution is 6.03. The van der Waals surface area contributed by atoms with E-state index in [0.29, 0.717) is 23.6 Å². The predicted molar refractivity (Wildman–Crippen MR) is 78.2 cm³/mol. The van der Waals surface area contributed by atoms with Crippen molar-refractivity contribution in [1.82, 2.24) is 9.55 Å². The van der Waals surface area contributed by atoms with Gasteiger partial charge in [-0.25, -0.2) is 9.78 Å². The normalized spacial score (nSPS) is 10.2. The molecule has 0 aliphatic rings. The van der Waals surface area contributed by atoms with Crippen molar-refractivity contribution in [3.05, 3.63) is 48.0 Å². The molecule has 0 spiro atoms. The molecular weight excluding hydrogens is 270 g/mol. The van der Waals surface area contributed by atoms with Crippen LogP contribution in [0.2, 0.25) is 0 Å². The van der Waals surface area contributed by atoms with Gasteiger partial charge in [0.2, 0.25) is 0 Å². The number of imidazole rings is 1. The Balaban J connectivity index is 2.01. The van der Waals surface area contributed by atoms with Gasteiger partial charge in [-0.05, 0) is 30.7 Å². The molecule has 110 valence electrons. The second-order valence-electron chi connectivity index (χ2n) is 4.56. The highest BCUT2D eigenvalue weighted by Crippen LogP contribution is 2.12. The Morgan fingerprint density at radius 2 is 2.00 bits per heavy atom. The quantitative estimate of drug-likeness (QED) is 0.856. The summed E-state index contributed by atoms with van der Waals surface area (Å²) in [6, 6.07) is 6.57. The second kappa shape index (κ2) is 6.69. The van der Waals surface area contributed by atoms with E-state index in [2.05, 4.69) is 10.3 Å². The molecule has 0 fully saturated rings. The predicted octanol–water partition coefficient (Wildman–Crippen LogP) is 2.24. The maximum atomic E-state index is 12.0. The van der Waals surface area contributed by atoms with Crippen LogP contribution in [0.1, 0.15) is 34.2 Å². The molecule has 21 heavy (non-hydrogen) atoms. The smallest absolute Gasteiger partial charge is 0.338 e. The first kappa shape index (κ1) is 14.8. The van der Waals surface area contributed by atoms with Gasteiger partial charge in [0, 0.05) is 12.7 Å². The van der Waals surface area contributed by atoms with Crippen molar-refractivity contribution >= 4 is 17.6 Å². The molecule has 0 saturated carbocycles. The molecule has 0 aliphatic heterocycles. The minimum Gasteiger partial charge on any atom is -0.462 e. The van der Waals surface area contributed by atoms with E-state index < -0.39 is 0 Å². The first-order valence-electron chi connectivity index (χ1n) is 6.66. The molecule has 0 saturated heterocycles. The SMILES string of the molecule is CCCOC(=O)c1ccc(NC(=O)c2cncn2C)cc1. The maximum absolute atomic E-state index is 12.0. The Bertz CT molecular complexity index is 632. The van der Waals surface area contributed by atoms with Crippen LogP contribution >= 0.6 is 0 Å². The number of ether oxygens (including phenoxy) is 1. The van der Waals surface area contributed by atoms with Gasteiger partial charge in [-0.15, -0.1) is 0 Å². The van der Waals surface area contributed by atoms with Crippen LogP contribution in [0.4, 0.5) is 5.69 Å². The third-order valence-corrected chi connectivity index (χ3v) is 2.87. The van der Waals surface area contributed by atoms with Gasteiger partial charge >= 0.3 is 5.97 Å². The summed E-state index contributed by atoms with van der Waals surface area (Å²) >= 11 is 0. The van der Waals surface area contributed by atoms with E-state index in [1.807, 2.05) is 6.92 Å². The van der Waals surface area contributed by atoms with Crippen molar-refractivity contribution in [2.75, 3.05) is 11.9 Å². The number of amides is 1. The molecule has 1 N–H and O–H groups in total. The minimum absolute atomic E-state index is 0.253. The number of carbonyl (C=O) groups excluding carboxylic acids is 2. The molecule has 2 rings (SSSR count). The summed E-state index contributed by atoms with van der Waals surface area (Å²) in [5.41, 5.74) is 1.52. The lowest BCUT2D eigenvalue weighted by Gasteiger charge is -2.07. The summed E-state index contributed by atoms with van der Waals surface area (Å²) in [7, 11) is 1.74. The number of nitrogens with one attached hydrogen (secondary N) is 1. The average molecular weight is 287 g/mol. The fourth-order valence-corrected chi connectivity index (χ4v) is 1.74. The Labute approximate surface area is 122 Å². The van der Waals surface area contributed by atoms with Crippen LogP contribution in [0.25, 0.3) is 0 Å². The van der Waals surface area contributed by atoms with Crippen LogP contribution in [0.3, 0.4) is 0 Å². The molecule has 2 aromatic rings. The number of aromatic nitrogens is 2. The molecular formula is C15H17N3O3. The molecule has 0 radical (unpaired) electrons. The van der Waals surface area contributed by atoms with Crippen molar-refractivity contribution in [3.8, 4) is 0 Å². The zero-order valence-corrected chi connectivity index (χ0v) is 12.0. The second-order valence-corrected chi connectivity index (χ2v) is 4.56. The number of rotatable bonds is 5. The van der Waals surface area contributed by atoms with Gasteiger partial charge in [0.05, 0.1) is 24.7 Å². The number of esters is 1. The third-order valence-electron chi connectivity index (χ3n) is 2.87. The van der Waals surface area contributed by atoms with Gasteiger partial charge in [-0.2, -0.15) is 0 Å².